The van der Waals surface area contributed by atoms with Gasteiger partial charge in [0.2, 0.25) is 5.91 Å². The van der Waals surface area contributed by atoms with Crippen LogP contribution in [0, 0.1) is 5.92 Å². The molecule has 23 heavy (non-hydrogen) atoms. The van der Waals surface area contributed by atoms with E-state index in [1.807, 2.05) is 18.2 Å². The molecular formula is C18H27ClN2O2. The maximum atomic E-state index is 12.3. The number of amides is 1. The fourth-order valence-corrected chi connectivity index (χ4v) is 3.80. The molecule has 5 heteroatoms. The summed E-state index contributed by atoms with van der Waals surface area (Å²) in [7, 11) is 1.67. The molecule has 2 fully saturated rings. The van der Waals surface area contributed by atoms with Crippen molar-refractivity contribution < 1.29 is 9.53 Å². The van der Waals surface area contributed by atoms with E-state index >= 15 is 0 Å². The summed E-state index contributed by atoms with van der Waals surface area (Å²) in [5.41, 5.74) is 1.19. The van der Waals surface area contributed by atoms with E-state index in [1.54, 1.807) is 7.11 Å². The van der Waals surface area contributed by atoms with Crippen molar-refractivity contribution in [1.29, 1.82) is 0 Å². The van der Waals surface area contributed by atoms with Gasteiger partial charge in [-0.1, -0.05) is 25.0 Å². The Bertz CT molecular complexity index is 509. The minimum absolute atomic E-state index is 0. The Morgan fingerprint density at radius 1 is 1.35 bits per heavy atom. The highest BCUT2D eigenvalue weighted by Crippen LogP contribution is 2.33. The van der Waals surface area contributed by atoms with Crippen LogP contribution in [0.4, 0.5) is 0 Å². The second-order valence-corrected chi connectivity index (χ2v) is 6.50. The van der Waals surface area contributed by atoms with Gasteiger partial charge in [0.15, 0.2) is 0 Å². The normalized spacial score (nSPS) is 26.0. The van der Waals surface area contributed by atoms with Crippen molar-refractivity contribution >= 4 is 18.3 Å². The van der Waals surface area contributed by atoms with Crippen molar-refractivity contribution in [2.24, 2.45) is 5.92 Å². The summed E-state index contributed by atoms with van der Waals surface area (Å²) in [6.45, 7) is 0.680. The molecule has 0 bridgehead atoms. The molecule has 3 unspecified atom stereocenters. The summed E-state index contributed by atoms with van der Waals surface area (Å²) in [4.78, 5) is 12.3. The van der Waals surface area contributed by atoms with Gasteiger partial charge in [0.05, 0.1) is 13.2 Å². The first-order valence-corrected chi connectivity index (χ1v) is 8.43. The largest absolute Gasteiger partial charge is 0.497 e. The molecule has 2 aliphatic rings. The molecule has 1 aromatic carbocycles. The minimum atomic E-state index is 0. The number of carbonyl (C=O) groups is 1. The SMILES string of the molecule is COc1cccc(CCNC(=O)C2CC3CCCCC3N2)c1.Cl. The molecule has 1 saturated heterocycles. The Hall–Kier alpha value is -1.26. The quantitative estimate of drug-likeness (QED) is 0.868. The topological polar surface area (TPSA) is 50.4 Å². The molecular weight excluding hydrogens is 312 g/mol. The summed E-state index contributed by atoms with van der Waals surface area (Å²) >= 11 is 0. The lowest BCUT2D eigenvalue weighted by Crippen LogP contribution is -2.43. The molecule has 1 aliphatic carbocycles. The van der Waals surface area contributed by atoms with E-state index in [-0.39, 0.29) is 24.4 Å². The smallest absolute Gasteiger partial charge is 0.237 e. The third kappa shape index (κ3) is 4.61. The molecule has 4 nitrogen and oxygen atoms in total. The van der Waals surface area contributed by atoms with Gasteiger partial charge in [-0.05, 0) is 49.3 Å². The zero-order valence-corrected chi connectivity index (χ0v) is 14.5. The monoisotopic (exact) mass is 338 g/mol. The van der Waals surface area contributed by atoms with Gasteiger partial charge in [-0.3, -0.25) is 4.79 Å². The second kappa shape index (κ2) is 8.55. The van der Waals surface area contributed by atoms with Crippen LogP contribution in [-0.4, -0.2) is 31.6 Å². The maximum absolute atomic E-state index is 12.3. The number of hydrogen-bond donors (Lipinski definition) is 2. The lowest BCUT2D eigenvalue weighted by atomic mass is 9.85. The van der Waals surface area contributed by atoms with E-state index in [9.17, 15) is 4.79 Å². The van der Waals surface area contributed by atoms with Crippen LogP contribution in [0.2, 0.25) is 0 Å². The molecule has 3 rings (SSSR count). The van der Waals surface area contributed by atoms with E-state index in [2.05, 4.69) is 16.7 Å². The number of hydrogen-bond acceptors (Lipinski definition) is 3. The van der Waals surface area contributed by atoms with E-state index < -0.39 is 0 Å². The molecule has 1 saturated carbocycles. The predicted octanol–water partition coefficient (Wildman–Crippen LogP) is 2.70. The van der Waals surface area contributed by atoms with Gasteiger partial charge in [0.25, 0.3) is 0 Å². The second-order valence-electron chi connectivity index (χ2n) is 6.50. The molecule has 0 radical (unpaired) electrons. The van der Waals surface area contributed by atoms with Crippen LogP contribution >= 0.6 is 12.4 Å². The standard InChI is InChI=1S/C18H26N2O2.ClH/c1-22-15-7-4-5-13(11-15)9-10-19-18(21)17-12-14-6-2-3-8-16(14)20-17;/h4-5,7,11,14,16-17,20H,2-3,6,8-10,12H2,1H3,(H,19,21);1H. The Morgan fingerprint density at radius 3 is 2.96 bits per heavy atom. The number of fused-ring (bicyclic) bond motifs is 1. The Balaban J connectivity index is 0.00000192. The van der Waals surface area contributed by atoms with Gasteiger partial charge in [-0.15, -0.1) is 12.4 Å². The van der Waals surface area contributed by atoms with Crippen molar-refractivity contribution in [3.8, 4) is 5.75 Å². The van der Waals surface area contributed by atoms with Crippen LogP contribution in [0.3, 0.4) is 0 Å². The number of nitrogens with one attached hydrogen (secondary N) is 2. The van der Waals surface area contributed by atoms with Gasteiger partial charge in [-0.2, -0.15) is 0 Å². The molecule has 0 spiro atoms. The van der Waals surface area contributed by atoms with Gasteiger partial charge in [-0.25, -0.2) is 0 Å². The van der Waals surface area contributed by atoms with Crippen LogP contribution in [0.1, 0.15) is 37.7 Å². The number of rotatable bonds is 5. The lowest BCUT2D eigenvalue weighted by molar-refractivity contribution is -0.122. The van der Waals surface area contributed by atoms with Gasteiger partial charge in [0, 0.05) is 12.6 Å². The van der Waals surface area contributed by atoms with Crippen LogP contribution in [-0.2, 0) is 11.2 Å². The van der Waals surface area contributed by atoms with E-state index in [1.165, 1.54) is 31.2 Å². The number of methoxy groups -OCH3 is 1. The number of carbonyl (C=O) groups excluding carboxylic acids is 1. The highest BCUT2D eigenvalue weighted by atomic mass is 35.5. The molecule has 1 aromatic rings. The van der Waals surface area contributed by atoms with Crippen molar-refractivity contribution in [2.45, 2.75) is 50.6 Å². The van der Waals surface area contributed by atoms with Crippen LogP contribution in [0.15, 0.2) is 24.3 Å². The first kappa shape index (κ1) is 18.1. The summed E-state index contributed by atoms with van der Waals surface area (Å²) < 4.78 is 5.22. The molecule has 2 N–H and O–H groups in total. The average Bonchev–Trinajstić information content (AvgIpc) is 2.99. The van der Waals surface area contributed by atoms with E-state index in [0.29, 0.717) is 18.5 Å². The first-order valence-electron chi connectivity index (χ1n) is 8.43. The average molecular weight is 339 g/mol. The summed E-state index contributed by atoms with van der Waals surface area (Å²) in [5, 5.41) is 6.61. The van der Waals surface area contributed by atoms with Crippen molar-refractivity contribution in [1.82, 2.24) is 10.6 Å². The van der Waals surface area contributed by atoms with Crippen LogP contribution < -0.4 is 15.4 Å². The Morgan fingerprint density at radius 2 is 2.17 bits per heavy atom. The van der Waals surface area contributed by atoms with Gasteiger partial charge < -0.3 is 15.4 Å². The molecule has 3 atom stereocenters. The molecule has 1 aliphatic heterocycles. The fraction of sp³-hybridized carbons (Fsp3) is 0.611. The van der Waals surface area contributed by atoms with Gasteiger partial charge >= 0.3 is 0 Å². The summed E-state index contributed by atoms with van der Waals surface area (Å²) in [6.07, 6.45) is 6.99. The molecule has 1 heterocycles. The van der Waals surface area contributed by atoms with Gasteiger partial charge in [0.1, 0.15) is 5.75 Å². The molecule has 1 amide bonds. The van der Waals surface area contributed by atoms with Crippen LogP contribution in [0.5, 0.6) is 5.75 Å². The zero-order valence-electron chi connectivity index (χ0n) is 13.7. The highest BCUT2D eigenvalue weighted by Gasteiger charge is 2.37. The van der Waals surface area contributed by atoms with Crippen LogP contribution in [0.25, 0.3) is 0 Å². The number of halogens is 1. The first-order chi connectivity index (χ1) is 10.8. The van der Waals surface area contributed by atoms with E-state index in [4.69, 9.17) is 4.74 Å². The van der Waals surface area contributed by atoms with Crippen molar-refractivity contribution in [3.05, 3.63) is 29.8 Å². The van der Waals surface area contributed by atoms with E-state index in [0.717, 1.165) is 18.6 Å². The Kier molecular flexibility index (Phi) is 6.72. The summed E-state index contributed by atoms with van der Waals surface area (Å²) in [5.74, 6) is 1.74. The predicted molar refractivity (Wildman–Crippen MR) is 94.2 cm³/mol. The highest BCUT2D eigenvalue weighted by molar-refractivity contribution is 5.85. The van der Waals surface area contributed by atoms with Crippen molar-refractivity contribution in [2.75, 3.05) is 13.7 Å². The minimum Gasteiger partial charge on any atom is -0.497 e. The fourth-order valence-electron chi connectivity index (χ4n) is 3.80. The summed E-state index contributed by atoms with van der Waals surface area (Å²) in [6, 6.07) is 8.60. The number of benzene rings is 1. The lowest BCUT2D eigenvalue weighted by Gasteiger charge is -2.24. The Labute approximate surface area is 144 Å². The zero-order chi connectivity index (χ0) is 15.4. The third-order valence-corrected chi connectivity index (χ3v) is 5.03. The number of ether oxygens (including phenoxy) is 1. The maximum Gasteiger partial charge on any atom is 0.237 e. The third-order valence-electron chi connectivity index (χ3n) is 5.03. The molecule has 128 valence electrons. The molecule has 0 aromatic heterocycles. The van der Waals surface area contributed by atoms with Crippen molar-refractivity contribution in [3.63, 3.8) is 0 Å².